The van der Waals surface area contributed by atoms with E-state index in [1.165, 1.54) is 6.07 Å². The van der Waals surface area contributed by atoms with Crippen molar-refractivity contribution in [3.8, 4) is 0 Å². The molecule has 0 aromatic heterocycles. The molecule has 0 radical (unpaired) electrons. The second-order valence-electron chi connectivity index (χ2n) is 5.43. The number of carbonyl (C=O) groups excluding carboxylic acids is 2. The lowest BCUT2D eigenvalue weighted by Crippen LogP contribution is -2.13. The van der Waals surface area contributed by atoms with Crippen LogP contribution in [0.4, 0.5) is 11.4 Å². The number of amides is 1. The predicted octanol–water partition coefficient (Wildman–Crippen LogP) is 4.52. The highest BCUT2D eigenvalue weighted by Gasteiger charge is 2.15. The standard InChI is InChI=1S/C18H17BrN2O4/c1-2-12-5-8-15(11-16(12)21(24)25)20-18(23)10-9-17(22)13-3-6-14(19)7-4-13/h3-8,11H,2,9-10H2,1H3,(H,20,23). The number of Topliss-reactive ketones (excluding diaryl/α,β-unsaturated/α-hetero) is 1. The zero-order valence-corrected chi connectivity index (χ0v) is 15.2. The fourth-order valence-electron chi connectivity index (χ4n) is 2.34. The molecule has 1 amide bonds. The number of nitro groups is 1. The van der Waals surface area contributed by atoms with Crippen LogP contribution in [0.1, 0.15) is 35.7 Å². The minimum atomic E-state index is -0.467. The summed E-state index contributed by atoms with van der Waals surface area (Å²) in [6, 6.07) is 11.5. The number of halogens is 1. The summed E-state index contributed by atoms with van der Waals surface area (Å²) >= 11 is 3.30. The Kier molecular flexibility index (Phi) is 6.41. The first-order chi connectivity index (χ1) is 11.9. The maximum Gasteiger partial charge on any atom is 0.274 e. The summed E-state index contributed by atoms with van der Waals surface area (Å²) < 4.78 is 0.874. The Bertz CT molecular complexity index is 803. The van der Waals surface area contributed by atoms with Crippen molar-refractivity contribution in [1.29, 1.82) is 0 Å². The molecule has 0 heterocycles. The van der Waals surface area contributed by atoms with Gasteiger partial charge in [0, 0.05) is 40.2 Å². The van der Waals surface area contributed by atoms with E-state index < -0.39 is 4.92 Å². The summed E-state index contributed by atoms with van der Waals surface area (Å²) in [6.07, 6.45) is 0.618. The fourth-order valence-corrected chi connectivity index (χ4v) is 2.61. The number of anilines is 1. The van der Waals surface area contributed by atoms with Gasteiger partial charge in [-0.2, -0.15) is 0 Å². The van der Waals surface area contributed by atoms with Gasteiger partial charge in [-0.05, 0) is 24.6 Å². The van der Waals surface area contributed by atoms with Crippen LogP contribution in [0.15, 0.2) is 46.9 Å². The fraction of sp³-hybridized carbons (Fsp3) is 0.222. The molecule has 0 atom stereocenters. The van der Waals surface area contributed by atoms with Gasteiger partial charge in [0.2, 0.25) is 5.91 Å². The number of hydrogen-bond acceptors (Lipinski definition) is 4. The van der Waals surface area contributed by atoms with Crippen LogP contribution in [0, 0.1) is 10.1 Å². The molecule has 130 valence electrons. The summed E-state index contributed by atoms with van der Waals surface area (Å²) in [6.45, 7) is 1.83. The van der Waals surface area contributed by atoms with Gasteiger partial charge in [0.05, 0.1) is 4.92 Å². The monoisotopic (exact) mass is 404 g/mol. The Morgan fingerprint density at radius 1 is 1.12 bits per heavy atom. The van der Waals surface area contributed by atoms with Crippen molar-refractivity contribution in [2.24, 2.45) is 0 Å². The topological polar surface area (TPSA) is 89.3 Å². The first-order valence-electron chi connectivity index (χ1n) is 7.76. The van der Waals surface area contributed by atoms with Gasteiger partial charge in [-0.1, -0.05) is 41.1 Å². The average molecular weight is 405 g/mol. The van der Waals surface area contributed by atoms with Crippen LogP contribution in [0.2, 0.25) is 0 Å². The van der Waals surface area contributed by atoms with Crippen molar-refractivity contribution < 1.29 is 14.5 Å². The van der Waals surface area contributed by atoms with Crippen molar-refractivity contribution in [1.82, 2.24) is 0 Å². The lowest BCUT2D eigenvalue weighted by Gasteiger charge is -2.07. The highest BCUT2D eigenvalue weighted by atomic mass is 79.9. The highest BCUT2D eigenvalue weighted by molar-refractivity contribution is 9.10. The van der Waals surface area contributed by atoms with E-state index in [1.807, 2.05) is 6.92 Å². The molecule has 0 fully saturated rings. The van der Waals surface area contributed by atoms with Crippen LogP contribution < -0.4 is 5.32 Å². The Balaban J connectivity index is 1.96. The number of benzene rings is 2. The first kappa shape index (κ1) is 18.8. The number of nitrogens with one attached hydrogen (secondary N) is 1. The lowest BCUT2D eigenvalue weighted by atomic mass is 10.1. The third-order valence-electron chi connectivity index (χ3n) is 3.69. The number of rotatable bonds is 7. The lowest BCUT2D eigenvalue weighted by molar-refractivity contribution is -0.385. The van der Waals surface area contributed by atoms with Gasteiger partial charge in [0.1, 0.15) is 0 Å². The molecule has 25 heavy (non-hydrogen) atoms. The molecular weight excluding hydrogens is 388 g/mol. The number of aryl methyl sites for hydroxylation is 1. The Morgan fingerprint density at radius 3 is 2.40 bits per heavy atom. The number of nitrogens with zero attached hydrogens (tertiary/aromatic N) is 1. The second kappa shape index (κ2) is 8.53. The summed E-state index contributed by atoms with van der Waals surface area (Å²) in [5, 5.41) is 13.7. The molecule has 0 unspecified atom stereocenters. The Morgan fingerprint density at radius 2 is 1.80 bits per heavy atom. The largest absolute Gasteiger partial charge is 0.326 e. The molecule has 7 heteroatoms. The quantitative estimate of drug-likeness (QED) is 0.417. The molecule has 0 aliphatic carbocycles. The average Bonchev–Trinajstić information content (AvgIpc) is 2.60. The van der Waals surface area contributed by atoms with E-state index in [0.29, 0.717) is 23.2 Å². The van der Waals surface area contributed by atoms with Crippen LogP contribution in [-0.4, -0.2) is 16.6 Å². The van der Waals surface area contributed by atoms with E-state index in [9.17, 15) is 19.7 Å². The van der Waals surface area contributed by atoms with Crippen LogP contribution in [-0.2, 0) is 11.2 Å². The third kappa shape index (κ3) is 5.22. The van der Waals surface area contributed by atoms with Gasteiger partial charge in [-0.25, -0.2) is 0 Å². The van der Waals surface area contributed by atoms with Gasteiger partial charge in [-0.15, -0.1) is 0 Å². The molecule has 0 saturated carbocycles. The van der Waals surface area contributed by atoms with E-state index in [1.54, 1.807) is 36.4 Å². The summed E-state index contributed by atoms with van der Waals surface area (Å²) in [7, 11) is 0. The van der Waals surface area contributed by atoms with Crippen molar-refractivity contribution in [2.75, 3.05) is 5.32 Å². The minimum absolute atomic E-state index is 0.0121. The molecule has 6 nitrogen and oxygen atoms in total. The second-order valence-corrected chi connectivity index (χ2v) is 6.35. The summed E-state index contributed by atoms with van der Waals surface area (Å²) in [4.78, 5) is 34.6. The smallest absolute Gasteiger partial charge is 0.274 e. The van der Waals surface area contributed by atoms with E-state index in [2.05, 4.69) is 21.2 Å². The molecule has 0 saturated heterocycles. The number of carbonyl (C=O) groups is 2. The summed E-state index contributed by atoms with van der Waals surface area (Å²) in [5.41, 5.74) is 1.48. The van der Waals surface area contributed by atoms with Crippen LogP contribution >= 0.6 is 15.9 Å². The Labute approximate surface area is 153 Å². The molecule has 2 aromatic rings. The third-order valence-corrected chi connectivity index (χ3v) is 4.22. The van der Waals surface area contributed by atoms with E-state index in [4.69, 9.17) is 0 Å². The molecule has 1 N–H and O–H groups in total. The predicted molar refractivity (Wildman–Crippen MR) is 98.8 cm³/mol. The number of nitro benzene ring substituents is 1. The van der Waals surface area contributed by atoms with Crippen LogP contribution in [0.5, 0.6) is 0 Å². The SMILES string of the molecule is CCc1ccc(NC(=O)CCC(=O)c2ccc(Br)cc2)cc1[N+](=O)[O-]. The summed E-state index contributed by atoms with van der Waals surface area (Å²) in [5.74, 6) is -0.487. The van der Waals surface area contributed by atoms with Crippen molar-refractivity contribution >= 4 is 39.0 Å². The van der Waals surface area contributed by atoms with Crippen LogP contribution in [0.3, 0.4) is 0 Å². The van der Waals surface area contributed by atoms with E-state index >= 15 is 0 Å². The molecule has 0 aliphatic rings. The molecular formula is C18H17BrN2O4. The van der Waals surface area contributed by atoms with Gasteiger partial charge in [-0.3, -0.25) is 19.7 Å². The van der Waals surface area contributed by atoms with Gasteiger partial charge in [0.15, 0.2) is 5.78 Å². The zero-order valence-electron chi connectivity index (χ0n) is 13.6. The maximum absolute atomic E-state index is 12.1. The molecule has 0 bridgehead atoms. The number of hydrogen-bond donors (Lipinski definition) is 1. The normalized spacial score (nSPS) is 10.3. The van der Waals surface area contributed by atoms with Crippen molar-refractivity contribution in [3.05, 3.63) is 68.2 Å². The zero-order chi connectivity index (χ0) is 18.4. The Hall–Kier alpha value is -2.54. The molecule has 2 aromatic carbocycles. The van der Waals surface area contributed by atoms with Crippen molar-refractivity contribution in [3.63, 3.8) is 0 Å². The molecule has 0 aliphatic heterocycles. The van der Waals surface area contributed by atoms with Crippen LogP contribution in [0.25, 0.3) is 0 Å². The maximum atomic E-state index is 12.1. The van der Waals surface area contributed by atoms with Gasteiger partial charge < -0.3 is 5.32 Å². The first-order valence-corrected chi connectivity index (χ1v) is 8.56. The van der Waals surface area contributed by atoms with Crippen molar-refractivity contribution in [2.45, 2.75) is 26.2 Å². The molecule has 2 rings (SSSR count). The van der Waals surface area contributed by atoms with Gasteiger partial charge >= 0.3 is 0 Å². The van der Waals surface area contributed by atoms with E-state index in [-0.39, 0.29) is 30.2 Å². The minimum Gasteiger partial charge on any atom is -0.326 e. The van der Waals surface area contributed by atoms with Gasteiger partial charge in [0.25, 0.3) is 5.69 Å². The number of ketones is 1. The van der Waals surface area contributed by atoms with E-state index in [0.717, 1.165) is 4.47 Å². The molecule has 0 spiro atoms. The highest BCUT2D eigenvalue weighted by Crippen LogP contribution is 2.24.